The lowest BCUT2D eigenvalue weighted by Gasteiger charge is -2.15. The summed E-state index contributed by atoms with van der Waals surface area (Å²) in [4.78, 5) is 11.6. The van der Waals surface area contributed by atoms with Gasteiger partial charge in [0, 0.05) is 13.0 Å². The molecule has 0 aliphatic carbocycles. The van der Waals surface area contributed by atoms with Gasteiger partial charge in [-0.2, -0.15) is 0 Å². The Labute approximate surface area is 129 Å². The molecule has 0 radical (unpaired) electrons. The van der Waals surface area contributed by atoms with E-state index in [4.69, 9.17) is 9.47 Å². The van der Waals surface area contributed by atoms with Gasteiger partial charge in [0.25, 0.3) is 0 Å². The molecular formula is C17H32O4. The van der Waals surface area contributed by atoms with Crippen LogP contribution < -0.4 is 0 Å². The van der Waals surface area contributed by atoms with Crippen LogP contribution in [0.3, 0.4) is 0 Å². The van der Waals surface area contributed by atoms with Crippen molar-refractivity contribution in [1.29, 1.82) is 0 Å². The third kappa shape index (κ3) is 13.9. The largest absolute Gasteiger partial charge is 0.457 e. The zero-order valence-corrected chi connectivity index (χ0v) is 13.7. The molecule has 0 heterocycles. The fourth-order valence-electron chi connectivity index (χ4n) is 1.88. The third-order valence-corrected chi connectivity index (χ3v) is 3.12. The zero-order valence-electron chi connectivity index (χ0n) is 13.7. The Morgan fingerprint density at radius 1 is 1.14 bits per heavy atom. The van der Waals surface area contributed by atoms with Crippen LogP contribution >= 0.6 is 0 Å². The predicted octanol–water partition coefficient (Wildman–Crippen LogP) is 3.62. The number of esters is 1. The Kier molecular flexibility index (Phi) is 14.9. The summed E-state index contributed by atoms with van der Waals surface area (Å²) in [5.41, 5.74) is 0. The maximum absolute atomic E-state index is 11.6. The number of aliphatic hydroxyl groups excluding tert-OH is 1. The first-order valence-corrected chi connectivity index (χ1v) is 8.27. The number of aliphatic hydroxyl groups is 1. The molecule has 0 aromatic rings. The summed E-state index contributed by atoms with van der Waals surface area (Å²) in [6.45, 7) is 5.00. The first-order chi connectivity index (χ1) is 10.2. The highest BCUT2D eigenvalue weighted by Gasteiger charge is 2.13. The Hall–Kier alpha value is -0.870. The van der Waals surface area contributed by atoms with Gasteiger partial charge in [0.15, 0.2) is 0 Å². The second-order valence-electron chi connectivity index (χ2n) is 5.20. The Balaban J connectivity index is 3.60. The van der Waals surface area contributed by atoms with Crippen molar-refractivity contribution in [2.24, 2.45) is 0 Å². The first-order valence-electron chi connectivity index (χ1n) is 8.27. The number of ether oxygens (including phenoxy) is 2. The molecule has 0 rings (SSSR count). The first kappa shape index (κ1) is 20.1. The van der Waals surface area contributed by atoms with Gasteiger partial charge >= 0.3 is 5.97 Å². The summed E-state index contributed by atoms with van der Waals surface area (Å²) < 4.78 is 10.6. The SMILES string of the molecule is CCC=CCCC(=O)OC(CO)COCCCCCCC. The van der Waals surface area contributed by atoms with Gasteiger partial charge in [-0.25, -0.2) is 0 Å². The summed E-state index contributed by atoms with van der Waals surface area (Å²) in [5.74, 6) is -0.277. The minimum Gasteiger partial charge on any atom is -0.457 e. The van der Waals surface area contributed by atoms with Crippen LogP contribution in [-0.4, -0.2) is 37.0 Å². The zero-order chi connectivity index (χ0) is 15.8. The van der Waals surface area contributed by atoms with Crippen molar-refractivity contribution in [2.45, 2.75) is 71.3 Å². The molecule has 4 nitrogen and oxygen atoms in total. The maximum atomic E-state index is 11.6. The quantitative estimate of drug-likeness (QED) is 0.302. The average molecular weight is 300 g/mol. The lowest BCUT2D eigenvalue weighted by atomic mass is 10.2. The monoisotopic (exact) mass is 300 g/mol. The molecule has 1 unspecified atom stereocenters. The Bertz CT molecular complexity index is 264. The van der Waals surface area contributed by atoms with E-state index in [0.29, 0.717) is 19.4 Å². The summed E-state index contributed by atoms with van der Waals surface area (Å²) in [6, 6.07) is 0. The van der Waals surface area contributed by atoms with Crippen molar-refractivity contribution in [3.05, 3.63) is 12.2 Å². The van der Waals surface area contributed by atoms with Crippen molar-refractivity contribution in [3.8, 4) is 0 Å². The van der Waals surface area contributed by atoms with E-state index in [1.807, 2.05) is 12.2 Å². The summed E-state index contributed by atoms with van der Waals surface area (Å²) in [5, 5.41) is 9.19. The lowest BCUT2D eigenvalue weighted by Crippen LogP contribution is -2.27. The molecule has 0 aliphatic rings. The van der Waals surface area contributed by atoms with Crippen LogP contribution in [0.5, 0.6) is 0 Å². The highest BCUT2D eigenvalue weighted by Crippen LogP contribution is 2.04. The van der Waals surface area contributed by atoms with Gasteiger partial charge in [-0.3, -0.25) is 4.79 Å². The van der Waals surface area contributed by atoms with Crippen molar-refractivity contribution < 1.29 is 19.4 Å². The second kappa shape index (κ2) is 15.5. The number of carbonyl (C=O) groups excluding carboxylic acids is 1. The van der Waals surface area contributed by atoms with Crippen molar-refractivity contribution >= 4 is 5.97 Å². The molecular weight excluding hydrogens is 268 g/mol. The molecule has 0 aromatic heterocycles. The van der Waals surface area contributed by atoms with Crippen LogP contribution in [0.25, 0.3) is 0 Å². The van der Waals surface area contributed by atoms with Gasteiger partial charge in [-0.1, -0.05) is 51.7 Å². The van der Waals surface area contributed by atoms with E-state index in [2.05, 4.69) is 13.8 Å². The number of carbonyl (C=O) groups is 1. The molecule has 0 fully saturated rings. The van der Waals surface area contributed by atoms with E-state index in [1.165, 1.54) is 25.7 Å². The van der Waals surface area contributed by atoms with E-state index in [1.54, 1.807) is 0 Å². The standard InChI is InChI=1S/C17H32O4/c1-3-5-7-9-11-13-20-15-16(14-18)21-17(19)12-10-8-6-4-2/h6,8,16,18H,3-5,7,9-15H2,1-2H3. The van der Waals surface area contributed by atoms with Crippen molar-refractivity contribution in [2.75, 3.05) is 19.8 Å². The van der Waals surface area contributed by atoms with Crippen molar-refractivity contribution in [3.63, 3.8) is 0 Å². The number of hydrogen-bond acceptors (Lipinski definition) is 4. The molecule has 0 spiro atoms. The van der Waals surface area contributed by atoms with Crippen LogP contribution in [0.1, 0.15) is 65.2 Å². The topological polar surface area (TPSA) is 55.8 Å². The Morgan fingerprint density at radius 3 is 2.57 bits per heavy atom. The fourth-order valence-corrected chi connectivity index (χ4v) is 1.88. The van der Waals surface area contributed by atoms with Crippen LogP contribution in [0.4, 0.5) is 0 Å². The average Bonchev–Trinajstić information content (AvgIpc) is 2.49. The van der Waals surface area contributed by atoms with Crippen LogP contribution in [-0.2, 0) is 14.3 Å². The summed E-state index contributed by atoms with van der Waals surface area (Å²) in [6.07, 6.45) is 11.4. The lowest BCUT2D eigenvalue weighted by molar-refractivity contribution is -0.154. The molecule has 0 saturated carbocycles. The number of allylic oxidation sites excluding steroid dienone is 2. The number of unbranched alkanes of at least 4 members (excludes halogenated alkanes) is 4. The van der Waals surface area contributed by atoms with E-state index >= 15 is 0 Å². The Morgan fingerprint density at radius 2 is 1.90 bits per heavy atom. The summed E-state index contributed by atoms with van der Waals surface area (Å²) in [7, 11) is 0. The molecule has 124 valence electrons. The van der Waals surface area contributed by atoms with Gasteiger partial charge in [0.2, 0.25) is 0 Å². The normalized spacial score (nSPS) is 12.7. The molecule has 4 heteroatoms. The molecule has 0 amide bonds. The molecule has 0 aromatic carbocycles. The highest BCUT2D eigenvalue weighted by molar-refractivity contribution is 5.69. The molecule has 0 bridgehead atoms. The van der Waals surface area contributed by atoms with Crippen LogP contribution in [0, 0.1) is 0 Å². The van der Waals surface area contributed by atoms with Gasteiger partial charge in [0.1, 0.15) is 6.10 Å². The fraction of sp³-hybridized carbons (Fsp3) is 0.824. The smallest absolute Gasteiger partial charge is 0.306 e. The van der Waals surface area contributed by atoms with Crippen molar-refractivity contribution in [1.82, 2.24) is 0 Å². The second-order valence-corrected chi connectivity index (χ2v) is 5.20. The van der Waals surface area contributed by atoms with Crippen LogP contribution in [0.15, 0.2) is 12.2 Å². The van der Waals surface area contributed by atoms with E-state index in [-0.39, 0.29) is 19.2 Å². The predicted molar refractivity (Wildman–Crippen MR) is 85.2 cm³/mol. The third-order valence-electron chi connectivity index (χ3n) is 3.12. The molecule has 0 aliphatic heterocycles. The van der Waals surface area contributed by atoms with Gasteiger partial charge in [-0.05, 0) is 19.3 Å². The molecule has 21 heavy (non-hydrogen) atoms. The highest BCUT2D eigenvalue weighted by atomic mass is 16.6. The van der Waals surface area contributed by atoms with Gasteiger partial charge < -0.3 is 14.6 Å². The molecule has 1 atom stereocenters. The van der Waals surface area contributed by atoms with E-state index < -0.39 is 6.10 Å². The van der Waals surface area contributed by atoms with Gasteiger partial charge in [0.05, 0.1) is 13.2 Å². The maximum Gasteiger partial charge on any atom is 0.306 e. The summed E-state index contributed by atoms with van der Waals surface area (Å²) >= 11 is 0. The van der Waals surface area contributed by atoms with Gasteiger partial charge in [-0.15, -0.1) is 0 Å². The number of hydrogen-bond donors (Lipinski definition) is 1. The minimum atomic E-state index is -0.539. The molecule has 1 N–H and O–H groups in total. The van der Waals surface area contributed by atoms with E-state index in [9.17, 15) is 9.90 Å². The van der Waals surface area contributed by atoms with E-state index in [0.717, 1.165) is 12.8 Å². The minimum absolute atomic E-state index is 0.188. The number of rotatable bonds is 14. The molecule has 0 saturated heterocycles. The van der Waals surface area contributed by atoms with Crippen LogP contribution in [0.2, 0.25) is 0 Å².